The minimum absolute atomic E-state index is 0.205. The summed E-state index contributed by atoms with van der Waals surface area (Å²) < 4.78 is 0. The van der Waals surface area contributed by atoms with Crippen molar-refractivity contribution >= 4 is 5.97 Å². The largest absolute Gasteiger partial charge is 0.481 e. The van der Waals surface area contributed by atoms with Gasteiger partial charge in [0, 0.05) is 45.0 Å². The SMILES string of the molecule is C=C(C1CCC(CN(C)CCC(=O)O)N1)N(C)C. The van der Waals surface area contributed by atoms with Crippen molar-refractivity contribution in [2.75, 3.05) is 34.2 Å². The van der Waals surface area contributed by atoms with Crippen LogP contribution in [-0.2, 0) is 4.79 Å². The van der Waals surface area contributed by atoms with Gasteiger partial charge in [0.05, 0.1) is 6.42 Å². The number of rotatable bonds is 7. The van der Waals surface area contributed by atoms with Crippen LogP contribution >= 0.6 is 0 Å². The van der Waals surface area contributed by atoms with E-state index in [1.807, 2.05) is 26.0 Å². The molecule has 1 saturated heterocycles. The van der Waals surface area contributed by atoms with E-state index in [-0.39, 0.29) is 6.42 Å². The van der Waals surface area contributed by atoms with Crippen LogP contribution in [0.15, 0.2) is 12.3 Å². The van der Waals surface area contributed by atoms with Crippen molar-refractivity contribution in [2.45, 2.75) is 31.3 Å². The Morgan fingerprint density at radius 1 is 1.39 bits per heavy atom. The number of hydrogen-bond acceptors (Lipinski definition) is 4. The molecule has 1 heterocycles. The highest BCUT2D eigenvalue weighted by molar-refractivity contribution is 5.66. The topological polar surface area (TPSA) is 55.8 Å². The quantitative estimate of drug-likeness (QED) is 0.697. The average molecular weight is 255 g/mol. The lowest BCUT2D eigenvalue weighted by Gasteiger charge is -2.24. The first-order chi connectivity index (χ1) is 8.40. The highest BCUT2D eigenvalue weighted by Gasteiger charge is 2.26. The Bertz CT molecular complexity index is 305. The molecule has 2 unspecified atom stereocenters. The molecule has 1 fully saturated rings. The van der Waals surface area contributed by atoms with Crippen LogP contribution in [0.1, 0.15) is 19.3 Å². The zero-order valence-corrected chi connectivity index (χ0v) is 11.6. The van der Waals surface area contributed by atoms with Crippen LogP contribution in [0.4, 0.5) is 0 Å². The Morgan fingerprint density at radius 2 is 2.06 bits per heavy atom. The molecule has 2 N–H and O–H groups in total. The second-order valence-electron chi connectivity index (χ2n) is 5.29. The number of likely N-dealkylation sites (N-methyl/N-ethyl adjacent to an activating group) is 2. The summed E-state index contributed by atoms with van der Waals surface area (Å²) in [6.45, 7) is 5.58. The molecule has 5 nitrogen and oxygen atoms in total. The van der Waals surface area contributed by atoms with Gasteiger partial charge >= 0.3 is 5.97 Å². The molecule has 0 bridgehead atoms. The lowest BCUT2D eigenvalue weighted by atomic mass is 10.1. The van der Waals surface area contributed by atoms with E-state index in [2.05, 4.69) is 16.8 Å². The summed E-state index contributed by atoms with van der Waals surface area (Å²) >= 11 is 0. The van der Waals surface area contributed by atoms with Gasteiger partial charge in [0.1, 0.15) is 0 Å². The van der Waals surface area contributed by atoms with Crippen LogP contribution in [0.5, 0.6) is 0 Å². The fourth-order valence-corrected chi connectivity index (χ4v) is 2.29. The molecule has 2 atom stereocenters. The maximum absolute atomic E-state index is 10.5. The van der Waals surface area contributed by atoms with Gasteiger partial charge in [-0.25, -0.2) is 0 Å². The molecule has 0 aromatic heterocycles. The molecule has 1 aliphatic rings. The zero-order chi connectivity index (χ0) is 13.7. The Hall–Kier alpha value is -1.07. The molecule has 0 aliphatic carbocycles. The second-order valence-corrected chi connectivity index (χ2v) is 5.29. The molecule has 0 saturated carbocycles. The summed E-state index contributed by atoms with van der Waals surface area (Å²) in [7, 11) is 5.99. The van der Waals surface area contributed by atoms with Crippen LogP contribution < -0.4 is 5.32 Å². The fourth-order valence-electron chi connectivity index (χ4n) is 2.29. The van der Waals surface area contributed by atoms with E-state index < -0.39 is 5.97 Å². The molecule has 0 aromatic rings. The van der Waals surface area contributed by atoms with Crippen molar-refractivity contribution in [3.63, 3.8) is 0 Å². The summed E-state index contributed by atoms with van der Waals surface area (Å²) in [4.78, 5) is 14.6. The Balaban J connectivity index is 2.29. The van der Waals surface area contributed by atoms with Crippen molar-refractivity contribution in [2.24, 2.45) is 0 Å². The third kappa shape index (κ3) is 4.66. The maximum atomic E-state index is 10.5. The predicted octanol–water partition coefficient (Wildman–Crippen LogP) is 0.589. The Kier molecular flexibility index (Phi) is 5.62. The monoisotopic (exact) mass is 255 g/mol. The standard InChI is InChI=1S/C13H25N3O2/c1-10(15(2)3)12-6-5-11(14-12)9-16(4)8-7-13(17)18/h11-12,14H,1,5-9H2,2-4H3,(H,17,18). The highest BCUT2D eigenvalue weighted by Crippen LogP contribution is 2.19. The molecule has 18 heavy (non-hydrogen) atoms. The molecule has 0 radical (unpaired) electrons. The van der Waals surface area contributed by atoms with E-state index in [0.29, 0.717) is 18.6 Å². The van der Waals surface area contributed by atoms with E-state index in [0.717, 1.165) is 25.1 Å². The van der Waals surface area contributed by atoms with Gasteiger partial charge in [0.15, 0.2) is 0 Å². The van der Waals surface area contributed by atoms with Crippen molar-refractivity contribution < 1.29 is 9.90 Å². The lowest BCUT2D eigenvalue weighted by molar-refractivity contribution is -0.137. The number of carbonyl (C=O) groups is 1. The summed E-state index contributed by atoms with van der Waals surface area (Å²) in [5, 5.41) is 12.2. The Labute approximate surface area is 109 Å². The third-order valence-corrected chi connectivity index (χ3v) is 3.46. The van der Waals surface area contributed by atoms with Crippen molar-refractivity contribution in [3.8, 4) is 0 Å². The molecule has 0 amide bonds. The average Bonchev–Trinajstić information content (AvgIpc) is 2.73. The molecular formula is C13H25N3O2. The van der Waals surface area contributed by atoms with E-state index in [9.17, 15) is 4.79 Å². The normalized spacial score (nSPS) is 23.3. The second kappa shape index (κ2) is 6.75. The lowest BCUT2D eigenvalue weighted by Crippen LogP contribution is -2.41. The van der Waals surface area contributed by atoms with Gasteiger partial charge in [-0.05, 0) is 19.9 Å². The molecule has 1 rings (SSSR count). The first-order valence-electron chi connectivity index (χ1n) is 6.42. The number of aliphatic carboxylic acids is 1. The van der Waals surface area contributed by atoms with E-state index in [1.54, 1.807) is 0 Å². The summed E-state index contributed by atoms with van der Waals surface area (Å²) in [6.07, 6.45) is 2.43. The van der Waals surface area contributed by atoms with Gasteiger partial charge < -0.3 is 20.2 Å². The van der Waals surface area contributed by atoms with Crippen molar-refractivity contribution in [3.05, 3.63) is 12.3 Å². The van der Waals surface area contributed by atoms with Gasteiger partial charge in [-0.15, -0.1) is 0 Å². The molecule has 104 valence electrons. The van der Waals surface area contributed by atoms with Gasteiger partial charge in [-0.1, -0.05) is 6.58 Å². The number of nitrogens with one attached hydrogen (secondary N) is 1. The van der Waals surface area contributed by atoms with Gasteiger partial charge in [0.2, 0.25) is 0 Å². The summed E-state index contributed by atoms with van der Waals surface area (Å²) in [6, 6.07) is 0.795. The maximum Gasteiger partial charge on any atom is 0.304 e. The predicted molar refractivity (Wildman–Crippen MR) is 72.5 cm³/mol. The molecule has 0 aromatic carbocycles. The van der Waals surface area contributed by atoms with Gasteiger partial charge in [-0.3, -0.25) is 4.79 Å². The molecule has 5 heteroatoms. The minimum atomic E-state index is -0.736. The van der Waals surface area contributed by atoms with Gasteiger partial charge in [0.25, 0.3) is 0 Å². The van der Waals surface area contributed by atoms with Crippen molar-refractivity contribution in [1.29, 1.82) is 0 Å². The van der Waals surface area contributed by atoms with Crippen LogP contribution in [0, 0.1) is 0 Å². The number of carboxylic acids is 1. The fraction of sp³-hybridized carbons (Fsp3) is 0.769. The smallest absolute Gasteiger partial charge is 0.304 e. The van der Waals surface area contributed by atoms with E-state index in [4.69, 9.17) is 5.11 Å². The van der Waals surface area contributed by atoms with Crippen LogP contribution in [0.3, 0.4) is 0 Å². The third-order valence-electron chi connectivity index (χ3n) is 3.46. The van der Waals surface area contributed by atoms with Crippen LogP contribution in [0.2, 0.25) is 0 Å². The molecule has 1 aliphatic heterocycles. The van der Waals surface area contributed by atoms with Crippen LogP contribution in [-0.4, -0.2) is 67.2 Å². The van der Waals surface area contributed by atoms with Gasteiger partial charge in [-0.2, -0.15) is 0 Å². The first kappa shape index (κ1) is 15.0. The number of hydrogen-bond donors (Lipinski definition) is 2. The Morgan fingerprint density at radius 3 is 2.61 bits per heavy atom. The first-order valence-corrected chi connectivity index (χ1v) is 6.42. The summed E-state index contributed by atoms with van der Waals surface area (Å²) in [5.41, 5.74) is 1.12. The molecular weight excluding hydrogens is 230 g/mol. The summed E-state index contributed by atoms with van der Waals surface area (Å²) in [5.74, 6) is -0.736. The van der Waals surface area contributed by atoms with Crippen molar-refractivity contribution in [1.82, 2.24) is 15.1 Å². The highest BCUT2D eigenvalue weighted by atomic mass is 16.4. The number of nitrogens with zero attached hydrogens (tertiary/aromatic N) is 2. The van der Waals surface area contributed by atoms with E-state index >= 15 is 0 Å². The number of carboxylic acid groups (broad SMARTS) is 1. The van der Waals surface area contributed by atoms with Crippen LogP contribution in [0.25, 0.3) is 0 Å². The zero-order valence-electron chi connectivity index (χ0n) is 11.6. The molecule has 0 spiro atoms. The minimum Gasteiger partial charge on any atom is -0.481 e. The van der Waals surface area contributed by atoms with E-state index in [1.165, 1.54) is 0 Å².